The zero-order chi connectivity index (χ0) is 17.2. The van der Waals surface area contributed by atoms with Gasteiger partial charge in [0.25, 0.3) is 0 Å². The Morgan fingerprint density at radius 2 is 1.79 bits per heavy atom. The zero-order valence-electron chi connectivity index (χ0n) is 13.3. The number of nitrogens with zero attached hydrogens (tertiary/aromatic N) is 2. The van der Waals surface area contributed by atoms with Crippen LogP contribution in [0.3, 0.4) is 0 Å². The maximum absolute atomic E-state index is 12.1. The highest BCUT2D eigenvalue weighted by Gasteiger charge is 2.11. The molecule has 0 radical (unpaired) electrons. The smallest absolute Gasteiger partial charge is 0.230 e. The third-order valence-corrected chi connectivity index (χ3v) is 4.04. The monoisotopic (exact) mass is 338 g/mol. The van der Waals surface area contributed by atoms with Crippen molar-refractivity contribution in [1.82, 2.24) is 10.6 Å². The van der Waals surface area contributed by atoms with Crippen molar-refractivity contribution in [2.75, 3.05) is 5.75 Å². The van der Waals surface area contributed by atoms with Gasteiger partial charge in [-0.3, -0.25) is 10.1 Å². The van der Waals surface area contributed by atoms with Gasteiger partial charge in [-0.15, -0.1) is 0 Å². The zero-order valence-corrected chi connectivity index (χ0v) is 14.1. The largest absolute Gasteiger partial charge is 0.349 e. The van der Waals surface area contributed by atoms with Gasteiger partial charge in [-0.2, -0.15) is 5.26 Å². The van der Waals surface area contributed by atoms with E-state index in [2.05, 4.69) is 15.6 Å². The summed E-state index contributed by atoms with van der Waals surface area (Å²) in [5.74, 6) is 0.0641. The van der Waals surface area contributed by atoms with E-state index in [1.165, 1.54) is 11.8 Å². The first kappa shape index (κ1) is 17.6. The van der Waals surface area contributed by atoms with Crippen molar-refractivity contribution >= 4 is 28.5 Å². The number of benzene rings is 2. The van der Waals surface area contributed by atoms with Crippen LogP contribution in [0.5, 0.6) is 0 Å². The van der Waals surface area contributed by atoms with Crippen LogP contribution in [0.4, 0.5) is 5.69 Å². The Morgan fingerprint density at radius 3 is 2.42 bits per heavy atom. The fraction of sp³-hybridized carbons (Fsp3) is 0.167. The molecular weight excluding hydrogens is 320 g/mol. The highest BCUT2D eigenvalue weighted by molar-refractivity contribution is 8.14. The number of aliphatic imine (C=N–C) groups is 1. The molecule has 0 spiro atoms. The van der Waals surface area contributed by atoms with Crippen molar-refractivity contribution in [2.24, 2.45) is 4.99 Å². The van der Waals surface area contributed by atoms with Crippen LogP contribution in [0.2, 0.25) is 0 Å². The lowest BCUT2D eigenvalue weighted by atomic mass is 10.1. The van der Waals surface area contributed by atoms with E-state index in [0.29, 0.717) is 5.17 Å². The standard InChI is InChI=1S/C18H18N4OS/c1-14(15-8-4-2-5-9-15)21-17(23)12-24-18(20-13-19)22-16-10-6-3-7-11-16/h2-11,14H,12H2,1H3,(H,20,22)(H,21,23). The minimum atomic E-state index is -0.114. The Labute approximate surface area is 145 Å². The van der Waals surface area contributed by atoms with Crippen LogP contribution in [0, 0.1) is 11.5 Å². The van der Waals surface area contributed by atoms with Gasteiger partial charge in [-0.25, -0.2) is 4.99 Å². The van der Waals surface area contributed by atoms with Crippen LogP contribution in [0.25, 0.3) is 0 Å². The number of nitriles is 1. The molecule has 0 aliphatic carbocycles. The van der Waals surface area contributed by atoms with Gasteiger partial charge in [-0.1, -0.05) is 60.3 Å². The lowest BCUT2D eigenvalue weighted by molar-refractivity contribution is -0.119. The molecule has 2 aromatic rings. The lowest BCUT2D eigenvalue weighted by Gasteiger charge is -2.14. The normalized spacial score (nSPS) is 12.1. The average Bonchev–Trinajstić information content (AvgIpc) is 2.61. The highest BCUT2D eigenvalue weighted by atomic mass is 32.2. The minimum absolute atomic E-state index is 0.0715. The summed E-state index contributed by atoms with van der Waals surface area (Å²) in [6, 6.07) is 19.0. The lowest BCUT2D eigenvalue weighted by Crippen LogP contribution is -2.29. The molecule has 0 aliphatic heterocycles. The van der Waals surface area contributed by atoms with Crippen LogP contribution in [-0.2, 0) is 4.79 Å². The van der Waals surface area contributed by atoms with Gasteiger partial charge < -0.3 is 5.32 Å². The van der Waals surface area contributed by atoms with E-state index < -0.39 is 0 Å². The second-order valence-electron chi connectivity index (χ2n) is 4.98. The van der Waals surface area contributed by atoms with E-state index in [9.17, 15) is 4.79 Å². The van der Waals surface area contributed by atoms with Crippen LogP contribution in [0.1, 0.15) is 18.5 Å². The van der Waals surface area contributed by atoms with Crippen LogP contribution >= 0.6 is 11.8 Å². The van der Waals surface area contributed by atoms with Gasteiger partial charge in [0.05, 0.1) is 17.5 Å². The first-order valence-corrected chi connectivity index (χ1v) is 8.43. The quantitative estimate of drug-likeness (QED) is 0.379. The van der Waals surface area contributed by atoms with Gasteiger partial charge >= 0.3 is 0 Å². The number of carbonyl (C=O) groups is 1. The molecule has 1 amide bonds. The molecule has 0 saturated carbocycles. The number of thioether (sulfide) groups is 1. The third-order valence-electron chi connectivity index (χ3n) is 3.17. The van der Waals surface area contributed by atoms with Crippen molar-refractivity contribution < 1.29 is 4.79 Å². The summed E-state index contributed by atoms with van der Waals surface area (Å²) in [6.45, 7) is 1.93. The molecule has 0 fully saturated rings. The first-order chi connectivity index (χ1) is 11.7. The number of nitrogens with one attached hydrogen (secondary N) is 2. The summed E-state index contributed by atoms with van der Waals surface area (Å²) < 4.78 is 0. The van der Waals surface area contributed by atoms with E-state index in [4.69, 9.17) is 5.26 Å². The molecule has 2 N–H and O–H groups in total. The molecule has 0 heterocycles. The highest BCUT2D eigenvalue weighted by Crippen LogP contribution is 2.15. The van der Waals surface area contributed by atoms with Gasteiger partial charge in [0, 0.05) is 0 Å². The molecule has 0 aromatic heterocycles. The maximum atomic E-state index is 12.1. The molecule has 6 heteroatoms. The molecule has 2 rings (SSSR count). The van der Waals surface area contributed by atoms with E-state index in [1.54, 1.807) is 0 Å². The summed E-state index contributed by atoms with van der Waals surface area (Å²) in [5.41, 5.74) is 1.77. The average molecular weight is 338 g/mol. The van der Waals surface area contributed by atoms with Crippen LogP contribution < -0.4 is 10.6 Å². The molecule has 2 aromatic carbocycles. The molecular formula is C18H18N4OS. The predicted molar refractivity (Wildman–Crippen MR) is 97.7 cm³/mol. The number of para-hydroxylation sites is 1. The molecule has 1 unspecified atom stereocenters. The van der Waals surface area contributed by atoms with E-state index >= 15 is 0 Å². The van der Waals surface area contributed by atoms with E-state index in [1.807, 2.05) is 73.8 Å². The van der Waals surface area contributed by atoms with Crippen molar-refractivity contribution in [3.05, 3.63) is 66.2 Å². The second-order valence-corrected chi connectivity index (χ2v) is 5.94. The van der Waals surface area contributed by atoms with E-state index in [0.717, 1.165) is 11.3 Å². The number of amidine groups is 1. The first-order valence-electron chi connectivity index (χ1n) is 7.45. The van der Waals surface area contributed by atoms with Crippen LogP contribution in [0.15, 0.2) is 65.7 Å². The van der Waals surface area contributed by atoms with Crippen molar-refractivity contribution in [3.8, 4) is 6.19 Å². The molecule has 24 heavy (non-hydrogen) atoms. The van der Waals surface area contributed by atoms with Gasteiger partial charge in [0.2, 0.25) is 5.91 Å². The second kappa shape index (κ2) is 9.38. The minimum Gasteiger partial charge on any atom is -0.349 e. The van der Waals surface area contributed by atoms with Crippen molar-refractivity contribution in [1.29, 1.82) is 5.26 Å². The molecule has 0 saturated heterocycles. The number of hydrogen-bond donors (Lipinski definition) is 2. The Bertz CT molecular complexity index is 726. The molecule has 0 bridgehead atoms. The third kappa shape index (κ3) is 5.78. The SMILES string of the molecule is CC(NC(=O)CSC(=Nc1ccccc1)NC#N)c1ccccc1. The Balaban J connectivity index is 1.91. The summed E-state index contributed by atoms with van der Waals surface area (Å²) >= 11 is 1.19. The predicted octanol–water partition coefficient (Wildman–Crippen LogP) is 3.36. The Kier molecular flexibility index (Phi) is 6.87. The summed E-state index contributed by atoms with van der Waals surface area (Å²) in [7, 11) is 0. The van der Waals surface area contributed by atoms with Gasteiger partial charge in [-0.05, 0) is 24.6 Å². The number of rotatable bonds is 5. The summed E-state index contributed by atoms with van der Waals surface area (Å²) in [4.78, 5) is 16.4. The molecule has 122 valence electrons. The summed E-state index contributed by atoms with van der Waals surface area (Å²) in [5, 5.41) is 14.7. The fourth-order valence-electron chi connectivity index (χ4n) is 2.01. The number of hydrogen-bond acceptors (Lipinski definition) is 4. The van der Waals surface area contributed by atoms with Gasteiger partial charge in [0.1, 0.15) is 0 Å². The van der Waals surface area contributed by atoms with Crippen LogP contribution in [-0.4, -0.2) is 16.8 Å². The summed E-state index contributed by atoms with van der Waals surface area (Å²) in [6.07, 6.45) is 1.85. The Hall–Kier alpha value is -2.78. The number of amides is 1. The topological polar surface area (TPSA) is 77.3 Å². The molecule has 1 atom stereocenters. The Morgan fingerprint density at radius 1 is 1.17 bits per heavy atom. The number of carbonyl (C=O) groups excluding carboxylic acids is 1. The van der Waals surface area contributed by atoms with Crippen molar-refractivity contribution in [3.63, 3.8) is 0 Å². The van der Waals surface area contributed by atoms with Gasteiger partial charge in [0.15, 0.2) is 11.4 Å². The molecule has 5 nitrogen and oxygen atoms in total. The maximum Gasteiger partial charge on any atom is 0.230 e. The van der Waals surface area contributed by atoms with E-state index in [-0.39, 0.29) is 17.7 Å². The van der Waals surface area contributed by atoms with Crippen molar-refractivity contribution in [2.45, 2.75) is 13.0 Å². The fourth-order valence-corrected chi connectivity index (χ4v) is 2.64. The molecule has 0 aliphatic rings.